The highest BCUT2D eigenvalue weighted by Gasteiger charge is 2.25. The summed E-state index contributed by atoms with van der Waals surface area (Å²) in [6.07, 6.45) is 0. The van der Waals surface area contributed by atoms with Crippen molar-refractivity contribution in [2.75, 3.05) is 11.9 Å². The Labute approximate surface area is 118 Å². The maximum absolute atomic E-state index is 4.80. The van der Waals surface area contributed by atoms with E-state index in [9.17, 15) is 0 Å². The molecular formula is C17H17N3. The summed E-state index contributed by atoms with van der Waals surface area (Å²) < 4.78 is 0. The minimum Gasteiger partial charge on any atom is -0.384 e. The SMILES string of the molecule is Cc1cc2nc(C3CNc4ccccc43)[nH]c2cc1C. The van der Waals surface area contributed by atoms with Crippen molar-refractivity contribution in [1.29, 1.82) is 0 Å². The molecule has 0 saturated carbocycles. The number of benzene rings is 2. The Morgan fingerprint density at radius 1 is 1.10 bits per heavy atom. The molecule has 20 heavy (non-hydrogen) atoms. The second-order valence-electron chi connectivity index (χ2n) is 5.60. The zero-order chi connectivity index (χ0) is 13.7. The summed E-state index contributed by atoms with van der Waals surface area (Å²) in [7, 11) is 0. The third kappa shape index (κ3) is 1.63. The van der Waals surface area contributed by atoms with Crippen molar-refractivity contribution in [1.82, 2.24) is 9.97 Å². The smallest absolute Gasteiger partial charge is 0.116 e. The molecule has 0 bridgehead atoms. The number of aryl methyl sites for hydroxylation is 2. The minimum absolute atomic E-state index is 0.319. The van der Waals surface area contributed by atoms with E-state index in [0.29, 0.717) is 5.92 Å². The maximum atomic E-state index is 4.80. The molecule has 0 saturated heterocycles. The molecule has 1 aliphatic rings. The topological polar surface area (TPSA) is 40.7 Å². The summed E-state index contributed by atoms with van der Waals surface area (Å²) in [5, 5.41) is 3.46. The van der Waals surface area contributed by atoms with Gasteiger partial charge in [-0.3, -0.25) is 0 Å². The number of aromatic nitrogens is 2. The van der Waals surface area contributed by atoms with Crippen LogP contribution in [0.25, 0.3) is 11.0 Å². The van der Waals surface area contributed by atoms with Crippen LogP contribution in [0.15, 0.2) is 36.4 Å². The summed E-state index contributed by atoms with van der Waals surface area (Å²) >= 11 is 0. The predicted octanol–water partition coefficient (Wildman–Crippen LogP) is 3.74. The van der Waals surface area contributed by atoms with Crippen LogP contribution in [0.2, 0.25) is 0 Å². The van der Waals surface area contributed by atoms with Gasteiger partial charge in [-0.05, 0) is 48.7 Å². The lowest BCUT2D eigenvalue weighted by Gasteiger charge is -2.05. The normalized spacial score (nSPS) is 17.2. The zero-order valence-corrected chi connectivity index (χ0v) is 11.7. The van der Waals surface area contributed by atoms with Gasteiger partial charge >= 0.3 is 0 Å². The molecule has 1 aromatic heterocycles. The predicted molar refractivity (Wildman–Crippen MR) is 82.3 cm³/mol. The van der Waals surface area contributed by atoms with Crippen molar-refractivity contribution < 1.29 is 0 Å². The molecular weight excluding hydrogens is 246 g/mol. The molecule has 1 atom stereocenters. The van der Waals surface area contributed by atoms with Crippen molar-refractivity contribution in [2.24, 2.45) is 0 Å². The Hall–Kier alpha value is -2.29. The van der Waals surface area contributed by atoms with Crippen LogP contribution in [0.3, 0.4) is 0 Å². The number of rotatable bonds is 1. The highest BCUT2D eigenvalue weighted by Crippen LogP contribution is 2.35. The van der Waals surface area contributed by atoms with Gasteiger partial charge in [-0.25, -0.2) is 4.98 Å². The van der Waals surface area contributed by atoms with Crippen molar-refractivity contribution in [3.05, 3.63) is 58.9 Å². The van der Waals surface area contributed by atoms with Gasteiger partial charge in [0, 0.05) is 12.2 Å². The van der Waals surface area contributed by atoms with Gasteiger partial charge in [-0.2, -0.15) is 0 Å². The number of nitrogens with zero attached hydrogens (tertiary/aromatic N) is 1. The van der Waals surface area contributed by atoms with Crippen LogP contribution in [0, 0.1) is 13.8 Å². The number of imidazole rings is 1. The van der Waals surface area contributed by atoms with Crippen molar-refractivity contribution >= 4 is 16.7 Å². The lowest BCUT2D eigenvalue weighted by Crippen LogP contribution is -2.05. The van der Waals surface area contributed by atoms with Crippen molar-refractivity contribution in [3.63, 3.8) is 0 Å². The number of H-pyrrole nitrogens is 1. The highest BCUT2D eigenvalue weighted by molar-refractivity contribution is 5.77. The monoisotopic (exact) mass is 263 g/mol. The van der Waals surface area contributed by atoms with Crippen LogP contribution in [0.1, 0.15) is 28.4 Å². The van der Waals surface area contributed by atoms with Gasteiger partial charge in [-0.1, -0.05) is 18.2 Å². The molecule has 2 heterocycles. The van der Waals surface area contributed by atoms with Crippen molar-refractivity contribution in [3.8, 4) is 0 Å². The second kappa shape index (κ2) is 4.10. The zero-order valence-electron chi connectivity index (χ0n) is 11.7. The van der Waals surface area contributed by atoms with E-state index >= 15 is 0 Å². The number of anilines is 1. The average Bonchev–Trinajstić information content (AvgIpc) is 3.02. The fourth-order valence-electron chi connectivity index (χ4n) is 2.98. The van der Waals surface area contributed by atoms with Crippen LogP contribution < -0.4 is 5.32 Å². The average molecular weight is 263 g/mol. The summed E-state index contributed by atoms with van der Waals surface area (Å²) in [5.41, 5.74) is 7.35. The molecule has 0 radical (unpaired) electrons. The number of hydrogen-bond acceptors (Lipinski definition) is 2. The Bertz CT molecular complexity index is 762. The molecule has 2 aromatic carbocycles. The Morgan fingerprint density at radius 3 is 2.80 bits per heavy atom. The number of para-hydroxylation sites is 1. The summed E-state index contributed by atoms with van der Waals surface area (Å²) in [6.45, 7) is 5.19. The van der Waals surface area contributed by atoms with Gasteiger partial charge in [0.2, 0.25) is 0 Å². The van der Waals surface area contributed by atoms with Crippen molar-refractivity contribution in [2.45, 2.75) is 19.8 Å². The standard InChI is InChI=1S/C17H17N3/c1-10-7-15-16(8-11(10)2)20-17(19-15)13-9-18-14-6-4-3-5-12(13)14/h3-8,13,18H,9H2,1-2H3,(H,19,20). The Morgan fingerprint density at radius 2 is 1.90 bits per heavy atom. The summed E-state index contributed by atoms with van der Waals surface area (Å²) in [6, 6.07) is 12.8. The number of nitrogens with one attached hydrogen (secondary N) is 2. The van der Waals surface area contributed by atoms with Gasteiger partial charge in [0.25, 0.3) is 0 Å². The van der Waals surface area contributed by atoms with Crippen LogP contribution in [0.4, 0.5) is 5.69 Å². The molecule has 1 unspecified atom stereocenters. The van der Waals surface area contributed by atoms with Gasteiger partial charge in [-0.15, -0.1) is 0 Å². The second-order valence-corrected chi connectivity index (χ2v) is 5.60. The van der Waals surface area contributed by atoms with E-state index in [1.807, 2.05) is 0 Å². The minimum atomic E-state index is 0.319. The van der Waals surface area contributed by atoms with E-state index in [2.05, 4.69) is 60.5 Å². The molecule has 3 heteroatoms. The van der Waals surface area contributed by atoms with E-state index in [1.165, 1.54) is 22.4 Å². The van der Waals surface area contributed by atoms with Gasteiger partial charge in [0.1, 0.15) is 5.82 Å². The number of aromatic amines is 1. The lowest BCUT2D eigenvalue weighted by molar-refractivity contribution is 0.836. The van der Waals surface area contributed by atoms with Crippen LogP contribution in [-0.4, -0.2) is 16.5 Å². The van der Waals surface area contributed by atoms with E-state index in [0.717, 1.165) is 23.4 Å². The molecule has 1 aliphatic heterocycles. The molecule has 3 aromatic rings. The van der Waals surface area contributed by atoms with Crippen LogP contribution in [0.5, 0.6) is 0 Å². The molecule has 0 amide bonds. The molecule has 4 rings (SSSR count). The largest absolute Gasteiger partial charge is 0.384 e. The first kappa shape index (κ1) is 11.5. The Balaban J connectivity index is 1.84. The quantitative estimate of drug-likeness (QED) is 0.702. The highest BCUT2D eigenvalue weighted by atomic mass is 15.0. The van der Waals surface area contributed by atoms with Crippen LogP contribution in [-0.2, 0) is 0 Å². The maximum Gasteiger partial charge on any atom is 0.116 e. The molecule has 0 spiro atoms. The van der Waals surface area contributed by atoms with E-state index in [4.69, 9.17) is 4.98 Å². The number of fused-ring (bicyclic) bond motifs is 2. The van der Waals surface area contributed by atoms with E-state index in [1.54, 1.807) is 0 Å². The fourth-order valence-corrected chi connectivity index (χ4v) is 2.98. The summed E-state index contributed by atoms with van der Waals surface area (Å²) in [4.78, 5) is 8.30. The molecule has 100 valence electrons. The third-order valence-electron chi connectivity index (χ3n) is 4.28. The van der Waals surface area contributed by atoms with Gasteiger partial charge in [0.15, 0.2) is 0 Å². The van der Waals surface area contributed by atoms with Gasteiger partial charge < -0.3 is 10.3 Å². The first-order valence-electron chi connectivity index (χ1n) is 7.02. The first-order valence-corrected chi connectivity index (χ1v) is 7.02. The molecule has 0 aliphatic carbocycles. The molecule has 0 fully saturated rings. The molecule has 2 N–H and O–H groups in total. The number of hydrogen-bond donors (Lipinski definition) is 2. The molecule has 3 nitrogen and oxygen atoms in total. The third-order valence-corrected chi connectivity index (χ3v) is 4.28. The van der Waals surface area contributed by atoms with E-state index < -0.39 is 0 Å². The lowest BCUT2D eigenvalue weighted by atomic mass is 10.0. The first-order chi connectivity index (χ1) is 9.72. The summed E-state index contributed by atoms with van der Waals surface area (Å²) in [5.74, 6) is 1.38. The van der Waals surface area contributed by atoms with Gasteiger partial charge in [0.05, 0.1) is 17.0 Å². The van der Waals surface area contributed by atoms with E-state index in [-0.39, 0.29) is 0 Å². The Kier molecular flexibility index (Phi) is 2.36. The van der Waals surface area contributed by atoms with Crippen LogP contribution >= 0.6 is 0 Å². The fraction of sp³-hybridized carbons (Fsp3) is 0.235.